The smallest absolute Gasteiger partial charge is 0.407 e. The number of ether oxygens (including phenoxy) is 1. The Morgan fingerprint density at radius 1 is 1.27 bits per heavy atom. The number of carbonyl (C=O) groups is 1. The third-order valence-corrected chi connectivity index (χ3v) is 6.34. The number of hydrogen-bond donors (Lipinski definition) is 2. The van der Waals surface area contributed by atoms with Crippen LogP contribution in [-0.4, -0.2) is 39.3 Å². The van der Waals surface area contributed by atoms with E-state index < -0.39 is 0 Å². The largest absolute Gasteiger partial charge is 0.446 e. The lowest BCUT2D eigenvalue weighted by atomic mass is 9.92. The van der Waals surface area contributed by atoms with Crippen molar-refractivity contribution in [3.63, 3.8) is 0 Å². The minimum Gasteiger partial charge on any atom is -0.446 e. The molecule has 8 heteroatoms. The van der Waals surface area contributed by atoms with E-state index >= 15 is 0 Å². The minimum atomic E-state index is -0.363. The Labute approximate surface area is 175 Å². The fourth-order valence-electron chi connectivity index (χ4n) is 4.83. The summed E-state index contributed by atoms with van der Waals surface area (Å²) in [7, 11) is 0. The number of rotatable bonds is 5. The molecule has 2 aromatic rings. The summed E-state index contributed by atoms with van der Waals surface area (Å²) in [5.41, 5.74) is 1.05. The first-order chi connectivity index (χ1) is 14.7. The van der Waals surface area contributed by atoms with Gasteiger partial charge >= 0.3 is 6.09 Å². The molecule has 3 aliphatic rings. The zero-order valence-electron chi connectivity index (χ0n) is 16.9. The van der Waals surface area contributed by atoms with E-state index in [0.717, 1.165) is 36.5 Å². The maximum absolute atomic E-state index is 12.3. The number of nitrogens with zero attached hydrogens (tertiary/aromatic N) is 4. The SMILES string of the molecule is CC[C@@H]1C[C@H](OC(=O)NCc2ccccc2)C[C@@H]1c1nnc2n1C1C=CNC1N=C2. The highest BCUT2D eigenvalue weighted by atomic mass is 16.6. The molecule has 1 aromatic carbocycles. The van der Waals surface area contributed by atoms with Crippen LogP contribution in [0.2, 0.25) is 0 Å². The van der Waals surface area contributed by atoms with Crippen molar-refractivity contribution in [1.29, 1.82) is 0 Å². The van der Waals surface area contributed by atoms with Crippen LogP contribution in [0, 0.1) is 5.92 Å². The Bertz CT molecular complexity index is 969. The monoisotopic (exact) mass is 406 g/mol. The second-order valence-electron chi connectivity index (χ2n) is 8.14. The highest BCUT2D eigenvalue weighted by molar-refractivity contribution is 5.76. The number of aliphatic imine (C=N–C) groups is 1. The molecule has 0 saturated heterocycles. The quantitative estimate of drug-likeness (QED) is 0.796. The molecule has 0 bridgehead atoms. The van der Waals surface area contributed by atoms with E-state index in [1.54, 1.807) is 6.21 Å². The van der Waals surface area contributed by atoms with Gasteiger partial charge in [-0.2, -0.15) is 0 Å². The first-order valence-electron chi connectivity index (χ1n) is 10.6. The first kappa shape index (κ1) is 18.8. The molecule has 1 fully saturated rings. The third kappa shape index (κ3) is 3.46. The van der Waals surface area contributed by atoms with Gasteiger partial charge in [0.15, 0.2) is 5.82 Å². The van der Waals surface area contributed by atoms with Crippen molar-refractivity contribution in [2.24, 2.45) is 10.9 Å². The molecule has 1 saturated carbocycles. The third-order valence-electron chi connectivity index (χ3n) is 6.34. The maximum atomic E-state index is 12.3. The minimum absolute atomic E-state index is 0.00420. The normalized spacial score (nSPS) is 28.6. The molecule has 0 spiro atoms. The second kappa shape index (κ2) is 7.93. The van der Waals surface area contributed by atoms with Gasteiger partial charge in [-0.25, -0.2) is 4.79 Å². The highest BCUT2D eigenvalue weighted by Gasteiger charge is 2.41. The molecule has 2 unspecified atom stereocenters. The van der Waals surface area contributed by atoms with Crippen LogP contribution in [0.25, 0.3) is 0 Å². The maximum Gasteiger partial charge on any atom is 0.407 e. The lowest BCUT2D eigenvalue weighted by Crippen LogP contribution is -2.33. The number of aromatic nitrogens is 3. The van der Waals surface area contributed by atoms with Crippen molar-refractivity contribution >= 4 is 12.3 Å². The Morgan fingerprint density at radius 2 is 2.13 bits per heavy atom. The van der Waals surface area contributed by atoms with E-state index in [2.05, 4.69) is 43.4 Å². The summed E-state index contributed by atoms with van der Waals surface area (Å²) in [6.45, 7) is 2.65. The topological polar surface area (TPSA) is 93.4 Å². The van der Waals surface area contributed by atoms with Crippen LogP contribution in [0.1, 0.15) is 55.4 Å². The Hall–Kier alpha value is -3.16. The van der Waals surface area contributed by atoms with Crippen LogP contribution in [0.5, 0.6) is 0 Å². The Kier molecular flexibility index (Phi) is 4.98. The van der Waals surface area contributed by atoms with Gasteiger partial charge in [0.05, 0.1) is 12.3 Å². The van der Waals surface area contributed by atoms with E-state index in [-0.39, 0.29) is 30.3 Å². The average molecular weight is 406 g/mol. The van der Waals surface area contributed by atoms with Crippen LogP contribution in [0.3, 0.4) is 0 Å². The van der Waals surface area contributed by atoms with E-state index in [9.17, 15) is 4.79 Å². The fourth-order valence-corrected chi connectivity index (χ4v) is 4.83. The summed E-state index contributed by atoms with van der Waals surface area (Å²) < 4.78 is 7.96. The lowest BCUT2D eigenvalue weighted by molar-refractivity contribution is 0.0976. The van der Waals surface area contributed by atoms with Crippen LogP contribution in [0.15, 0.2) is 47.6 Å². The van der Waals surface area contributed by atoms with Gasteiger partial charge in [0.25, 0.3) is 0 Å². The van der Waals surface area contributed by atoms with Crippen molar-refractivity contribution in [3.8, 4) is 0 Å². The number of amides is 1. The molecular formula is C22H26N6O2. The molecule has 1 aromatic heterocycles. The number of alkyl carbamates (subject to hydrolysis) is 1. The zero-order chi connectivity index (χ0) is 20.5. The predicted octanol–water partition coefficient (Wildman–Crippen LogP) is 2.89. The number of benzene rings is 1. The number of hydrogen-bond acceptors (Lipinski definition) is 6. The molecule has 2 N–H and O–H groups in total. The summed E-state index contributed by atoms with van der Waals surface area (Å²) in [5.74, 6) is 2.38. The molecule has 3 heterocycles. The number of nitrogens with one attached hydrogen (secondary N) is 2. The van der Waals surface area contributed by atoms with Crippen molar-refractivity contribution in [2.45, 2.75) is 57.0 Å². The fraction of sp³-hybridized carbons (Fsp3) is 0.455. The molecule has 30 heavy (non-hydrogen) atoms. The summed E-state index contributed by atoms with van der Waals surface area (Å²) in [5, 5.41) is 15.0. The van der Waals surface area contributed by atoms with Crippen molar-refractivity contribution in [1.82, 2.24) is 25.4 Å². The van der Waals surface area contributed by atoms with Crippen molar-refractivity contribution in [2.75, 3.05) is 0 Å². The molecule has 5 rings (SSSR count). The van der Waals surface area contributed by atoms with Gasteiger partial charge in [0, 0.05) is 12.5 Å². The van der Waals surface area contributed by atoms with E-state index in [1.807, 2.05) is 36.5 Å². The summed E-state index contributed by atoms with van der Waals surface area (Å²) in [6.07, 6.45) is 7.99. The summed E-state index contributed by atoms with van der Waals surface area (Å²) in [6, 6.07) is 9.94. The summed E-state index contributed by atoms with van der Waals surface area (Å²) in [4.78, 5) is 16.9. The average Bonchev–Trinajstić information content (AvgIpc) is 3.49. The van der Waals surface area contributed by atoms with Crippen LogP contribution >= 0.6 is 0 Å². The van der Waals surface area contributed by atoms with Gasteiger partial charge in [-0.15, -0.1) is 10.2 Å². The molecule has 8 nitrogen and oxygen atoms in total. The van der Waals surface area contributed by atoms with Crippen LogP contribution < -0.4 is 10.6 Å². The van der Waals surface area contributed by atoms with Gasteiger partial charge in [-0.1, -0.05) is 43.7 Å². The van der Waals surface area contributed by atoms with Gasteiger partial charge < -0.3 is 15.4 Å². The molecule has 1 amide bonds. The molecule has 2 aliphatic heterocycles. The number of carbonyl (C=O) groups excluding carboxylic acids is 1. The Morgan fingerprint density at radius 3 is 2.97 bits per heavy atom. The first-order valence-corrected chi connectivity index (χ1v) is 10.6. The molecular weight excluding hydrogens is 380 g/mol. The van der Waals surface area contributed by atoms with Crippen molar-refractivity contribution in [3.05, 3.63) is 59.8 Å². The standard InChI is InChI=1S/C22H26N6O2/c1-2-15-10-16(30-22(29)25-12-14-6-4-3-5-7-14)11-17(15)21-27-26-19-13-24-20-18(28(19)21)8-9-23-20/h3-9,13,15-18,20,23H,2,10-12H2,1H3,(H,25,29)/t15-,16+,17+,18?,20?/m1/s1. The van der Waals surface area contributed by atoms with Gasteiger partial charge in [0.2, 0.25) is 0 Å². The highest BCUT2D eigenvalue weighted by Crippen LogP contribution is 2.43. The van der Waals surface area contributed by atoms with Gasteiger partial charge in [-0.3, -0.25) is 9.56 Å². The van der Waals surface area contributed by atoms with E-state index in [4.69, 9.17) is 4.74 Å². The molecule has 5 atom stereocenters. The van der Waals surface area contributed by atoms with Crippen molar-refractivity contribution < 1.29 is 9.53 Å². The summed E-state index contributed by atoms with van der Waals surface area (Å²) >= 11 is 0. The van der Waals surface area contributed by atoms with Gasteiger partial charge in [-0.05, 0) is 36.6 Å². The van der Waals surface area contributed by atoms with E-state index in [0.29, 0.717) is 12.5 Å². The predicted molar refractivity (Wildman–Crippen MR) is 112 cm³/mol. The second-order valence-corrected chi connectivity index (χ2v) is 8.14. The lowest BCUT2D eigenvalue weighted by Gasteiger charge is -2.26. The van der Waals surface area contributed by atoms with E-state index in [1.165, 1.54) is 0 Å². The number of fused-ring (bicyclic) bond motifs is 3. The van der Waals surface area contributed by atoms with Gasteiger partial charge in [0.1, 0.15) is 18.1 Å². The van der Waals surface area contributed by atoms with Crippen LogP contribution in [-0.2, 0) is 11.3 Å². The molecule has 1 aliphatic carbocycles. The molecule has 156 valence electrons. The Balaban J connectivity index is 1.27. The zero-order valence-corrected chi connectivity index (χ0v) is 16.9. The van der Waals surface area contributed by atoms with Crippen LogP contribution in [0.4, 0.5) is 4.79 Å². The molecule has 0 radical (unpaired) electrons.